The largest absolute Gasteiger partial charge is 0.444 e. The van der Waals surface area contributed by atoms with Crippen molar-refractivity contribution in [1.29, 1.82) is 0 Å². The van der Waals surface area contributed by atoms with Crippen LogP contribution in [0.25, 0.3) is 0 Å². The number of rotatable bonds is 3. The lowest BCUT2D eigenvalue weighted by Crippen LogP contribution is -2.37. The molecule has 1 aromatic heterocycles. The molecule has 0 aliphatic carbocycles. The van der Waals surface area contributed by atoms with Crippen LogP contribution < -0.4 is 0 Å². The van der Waals surface area contributed by atoms with Crippen molar-refractivity contribution in [2.24, 2.45) is 0 Å². The summed E-state index contributed by atoms with van der Waals surface area (Å²) in [6.07, 6.45) is 1.05. The summed E-state index contributed by atoms with van der Waals surface area (Å²) in [5.74, 6) is -0.187. The van der Waals surface area contributed by atoms with E-state index in [1.165, 1.54) is 23.3 Å². The lowest BCUT2D eigenvalue weighted by Gasteiger charge is -2.23. The average Bonchev–Trinajstić information content (AvgIpc) is 2.67. The van der Waals surface area contributed by atoms with E-state index >= 15 is 0 Å². The van der Waals surface area contributed by atoms with Gasteiger partial charge in [0.25, 0.3) is 0 Å². The van der Waals surface area contributed by atoms with Gasteiger partial charge < -0.3 is 9.64 Å². The highest BCUT2D eigenvalue weighted by Gasteiger charge is 2.22. The van der Waals surface area contributed by atoms with Crippen LogP contribution in [0, 0.1) is 0 Å². The van der Waals surface area contributed by atoms with E-state index in [1.807, 2.05) is 0 Å². The smallest absolute Gasteiger partial charge is 0.410 e. The van der Waals surface area contributed by atoms with E-state index < -0.39 is 11.7 Å². The number of hydrogen-bond acceptors (Lipinski definition) is 5. The second-order valence-corrected chi connectivity index (χ2v) is 5.49. The Labute approximate surface area is 104 Å². The van der Waals surface area contributed by atoms with Gasteiger partial charge in [-0.05, 0) is 20.8 Å². The fourth-order valence-corrected chi connectivity index (χ4v) is 1.62. The zero-order valence-electron chi connectivity index (χ0n) is 10.4. The van der Waals surface area contributed by atoms with Crippen molar-refractivity contribution in [2.75, 3.05) is 13.6 Å². The lowest BCUT2D eigenvalue weighted by molar-refractivity contribution is 0.0294. The maximum absolute atomic E-state index is 11.7. The Hall–Kier alpha value is -1.43. The summed E-state index contributed by atoms with van der Waals surface area (Å²) in [5, 5.41) is 2.13. The first-order valence-corrected chi connectivity index (χ1v) is 6.04. The van der Waals surface area contributed by atoms with E-state index in [0.717, 1.165) is 0 Å². The predicted molar refractivity (Wildman–Crippen MR) is 65.3 cm³/mol. The Kier molecular flexibility index (Phi) is 4.22. The SMILES string of the molecule is CN(CC(=O)c1nccs1)C(=O)OC(C)(C)C. The second kappa shape index (κ2) is 5.27. The molecule has 0 spiro atoms. The van der Waals surface area contributed by atoms with Crippen LogP contribution in [0.1, 0.15) is 30.6 Å². The number of aromatic nitrogens is 1. The minimum atomic E-state index is -0.560. The van der Waals surface area contributed by atoms with Gasteiger partial charge in [0, 0.05) is 18.6 Å². The summed E-state index contributed by atoms with van der Waals surface area (Å²) in [6, 6.07) is 0. The quantitative estimate of drug-likeness (QED) is 0.778. The molecule has 6 heteroatoms. The number of carbonyl (C=O) groups is 2. The van der Waals surface area contributed by atoms with E-state index in [0.29, 0.717) is 5.01 Å². The molecule has 17 heavy (non-hydrogen) atoms. The summed E-state index contributed by atoms with van der Waals surface area (Å²) < 4.78 is 5.14. The normalized spacial score (nSPS) is 11.1. The van der Waals surface area contributed by atoms with Gasteiger partial charge in [0.1, 0.15) is 5.60 Å². The fraction of sp³-hybridized carbons (Fsp3) is 0.545. The van der Waals surface area contributed by atoms with Crippen molar-refractivity contribution in [2.45, 2.75) is 26.4 Å². The van der Waals surface area contributed by atoms with Crippen molar-refractivity contribution >= 4 is 23.2 Å². The van der Waals surface area contributed by atoms with Gasteiger partial charge in [-0.1, -0.05) is 0 Å². The lowest BCUT2D eigenvalue weighted by atomic mass is 10.2. The average molecular weight is 256 g/mol. The summed E-state index contributed by atoms with van der Waals surface area (Å²) in [4.78, 5) is 28.4. The van der Waals surface area contributed by atoms with Crippen LogP contribution >= 0.6 is 11.3 Å². The molecule has 0 radical (unpaired) electrons. The first-order valence-electron chi connectivity index (χ1n) is 5.16. The molecule has 94 valence electrons. The number of hydrogen-bond donors (Lipinski definition) is 0. The standard InChI is InChI=1S/C11H16N2O3S/c1-11(2,3)16-10(15)13(4)7-8(14)9-12-5-6-17-9/h5-6H,7H2,1-4H3. The molecule has 0 unspecified atom stereocenters. The molecule has 0 bridgehead atoms. The minimum absolute atomic E-state index is 0.0254. The van der Waals surface area contributed by atoms with Crippen LogP contribution in [0.3, 0.4) is 0 Å². The molecule has 0 N–H and O–H groups in total. The number of nitrogens with zero attached hydrogens (tertiary/aromatic N) is 2. The number of ether oxygens (including phenoxy) is 1. The molecule has 0 saturated heterocycles. The zero-order chi connectivity index (χ0) is 13.1. The molecule has 5 nitrogen and oxygen atoms in total. The van der Waals surface area contributed by atoms with Crippen LogP contribution in [0.2, 0.25) is 0 Å². The highest BCUT2D eigenvalue weighted by Crippen LogP contribution is 2.10. The Bertz CT molecular complexity index is 395. The van der Waals surface area contributed by atoms with E-state index in [2.05, 4.69) is 4.98 Å². The van der Waals surface area contributed by atoms with Crippen LogP contribution in [-0.2, 0) is 4.74 Å². The Morgan fingerprint density at radius 1 is 1.47 bits per heavy atom. The third kappa shape index (κ3) is 4.52. The van der Waals surface area contributed by atoms with E-state index in [9.17, 15) is 9.59 Å². The molecule has 1 aromatic rings. The summed E-state index contributed by atoms with van der Waals surface area (Å²) in [5.41, 5.74) is -0.560. The Balaban J connectivity index is 2.52. The van der Waals surface area contributed by atoms with Gasteiger partial charge in [-0.2, -0.15) is 0 Å². The summed E-state index contributed by atoms with van der Waals surface area (Å²) in [6.45, 7) is 5.31. The van der Waals surface area contributed by atoms with Gasteiger partial charge in [-0.15, -0.1) is 11.3 Å². The molecular formula is C11H16N2O3S. The maximum Gasteiger partial charge on any atom is 0.410 e. The number of carbonyl (C=O) groups excluding carboxylic acids is 2. The van der Waals surface area contributed by atoms with Gasteiger partial charge in [0.05, 0.1) is 6.54 Å². The monoisotopic (exact) mass is 256 g/mol. The van der Waals surface area contributed by atoms with Gasteiger partial charge >= 0.3 is 6.09 Å². The second-order valence-electron chi connectivity index (χ2n) is 4.60. The van der Waals surface area contributed by atoms with Crippen molar-refractivity contribution in [3.05, 3.63) is 16.6 Å². The number of amides is 1. The number of likely N-dealkylation sites (N-methyl/N-ethyl adjacent to an activating group) is 1. The molecule has 0 saturated carbocycles. The predicted octanol–water partition coefficient (Wildman–Crippen LogP) is 2.19. The third-order valence-corrected chi connectivity index (χ3v) is 2.57. The van der Waals surface area contributed by atoms with Crippen molar-refractivity contribution < 1.29 is 14.3 Å². The van der Waals surface area contributed by atoms with Gasteiger partial charge in [0.2, 0.25) is 5.78 Å². The molecular weight excluding hydrogens is 240 g/mol. The van der Waals surface area contributed by atoms with E-state index in [1.54, 1.807) is 32.3 Å². The first kappa shape index (κ1) is 13.6. The van der Waals surface area contributed by atoms with Gasteiger partial charge in [-0.3, -0.25) is 4.79 Å². The van der Waals surface area contributed by atoms with Gasteiger partial charge in [-0.25, -0.2) is 9.78 Å². The molecule has 1 rings (SSSR count). The molecule has 0 aliphatic rings. The van der Waals surface area contributed by atoms with Crippen molar-refractivity contribution in [3.63, 3.8) is 0 Å². The number of Topliss-reactive ketones (excluding diaryl/α,β-unsaturated/α-hetero) is 1. The minimum Gasteiger partial charge on any atom is -0.444 e. The Morgan fingerprint density at radius 2 is 2.12 bits per heavy atom. The summed E-state index contributed by atoms with van der Waals surface area (Å²) >= 11 is 1.26. The molecule has 0 aromatic carbocycles. The molecule has 0 atom stereocenters. The number of thiazole rings is 1. The van der Waals surface area contributed by atoms with Crippen molar-refractivity contribution in [3.8, 4) is 0 Å². The van der Waals surface area contributed by atoms with E-state index in [-0.39, 0.29) is 12.3 Å². The first-order chi connectivity index (χ1) is 7.79. The zero-order valence-corrected chi connectivity index (χ0v) is 11.2. The molecule has 0 fully saturated rings. The molecule has 1 heterocycles. The fourth-order valence-electron chi connectivity index (χ4n) is 1.05. The Morgan fingerprint density at radius 3 is 2.59 bits per heavy atom. The van der Waals surface area contributed by atoms with Crippen LogP contribution in [0.4, 0.5) is 4.79 Å². The van der Waals surface area contributed by atoms with Crippen LogP contribution in [0.15, 0.2) is 11.6 Å². The van der Waals surface area contributed by atoms with Crippen LogP contribution in [-0.4, -0.2) is 41.0 Å². The maximum atomic E-state index is 11.7. The molecule has 1 amide bonds. The topological polar surface area (TPSA) is 59.5 Å². The summed E-state index contributed by atoms with van der Waals surface area (Å²) in [7, 11) is 1.53. The third-order valence-electron chi connectivity index (χ3n) is 1.76. The van der Waals surface area contributed by atoms with Gasteiger partial charge in [0.15, 0.2) is 5.01 Å². The number of ketones is 1. The van der Waals surface area contributed by atoms with Crippen molar-refractivity contribution in [1.82, 2.24) is 9.88 Å². The van der Waals surface area contributed by atoms with Crippen LogP contribution in [0.5, 0.6) is 0 Å². The molecule has 0 aliphatic heterocycles. The van der Waals surface area contributed by atoms with E-state index in [4.69, 9.17) is 4.74 Å². The highest BCUT2D eigenvalue weighted by atomic mass is 32.1. The highest BCUT2D eigenvalue weighted by molar-refractivity contribution is 7.11.